The van der Waals surface area contributed by atoms with Crippen LogP contribution in [0.25, 0.3) is 0 Å². The van der Waals surface area contributed by atoms with Crippen molar-refractivity contribution < 1.29 is 4.79 Å². The predicted octanol–water partition coefficient (Wildman–Crippen LogP) is 2.24. The molecule has 1 amide bonds. The number of thiocarbonyl (C=S) groups is 1. The molecule has 0 fully saturated rings. The number of nitrogens with one attached hydrogen (secondary N) is 1. The van der Waals surface area contributed by atoms with Gasteiger partial charge in [0.25, 0.3) is 0 Å². The molecule has 0 radical (unpaired) electrons. The molecule has 1 heterocycles. The first-order chi connectivity index (χ1) is 10.0. The first kappa shape index (κ1) is 15.2. The van der Waals surface area contributed by atoms with E-state index >= 15 is 0 Å². The lowest BCUT2D eigenvalue weighted by Gasteiger charge is -2.06. The van der Waals surface area contributed by atoms with Crippen molar-refractivity contribution in [1.29, 1.82) is 0 Å². The summed E-state index contributed by atoms with van der Waals surface area (Å²) in [7, 11) is 0. The average Bonchev–Trinajstić information content (AvgIpc) is 2.85. The predicted molar refractivity (Wildman–Crippen MR) is 87.2 cm³/mol. The quantitative estimate of drug-likeness (QED) is 0.803. The Morgan fingerprint density at radius 2 is 2.05 bits per heavy atom. The number of benzene rings is 1. The molecule has 0 spiro atoms. The zero-order chi connectivity index (χ0) is 15.2. The Morgan fingerprint density at radius 1 is 1.33 bits per heavy atom. The van der Waals surface area contributed by atoms with Gasteiger partial charge >= 0.3 is 0 Å². The van der Waals surface area contributed by atoms with E-state index in [0.717, 1.165) is 29.9 Å². The van der Waals surface area contributed by atoms with Gasteiger partial charge in [-0.3, -0.25) is 9.48 Å². The van der Waals surface area contributed by atoms with Crippen LogP contribution in [0.2, 0.25) is 0 Å². The molecular formula is C15H18N4OS. The molecule has 0 saturated carbocycles. The summed E-state index contributed by atoms with van der Waals surface area (Å²) >= 11 is 4.88. The summed E-state index contributed by atoms with van der Waals surface area (Å²) in [6.07, 6.45) is 3.12. The number of nitrogens with two attached hydrogens (primary N) is 1. The van der Waals surface area contributed by atoms with Crippen LogP contribution in [0.4, 0.5) is 5.69 Å². The third kappa shape index (κ3) is 4.68. The SMILES string of the molecule is Cc1ccn(CCCC(=O)Nc2ccc(C(N)=S)cc2)n1. The zero-order valence-electron chi connectivity index (χ0n) is 11.9. The Labute approximate surface area is 129 Å². The molecule has 0 unspecified atom stereocenters. The van der Waals surface area contributed by atoms with Crippen LogP contribution in [0, 0.1) is 6.92 Å². The lowest BCUT2D eigenvalue weighted by atomic mass is 10.2. The van der Waals surface area contributed by atoms with Crippen LogP contribution in [0.5, 0.6) is 0 Å². The van der Waals surface area contributed by atoms with Crippen molar-refractivity contribution in [2.75, 3.05) is 5.32 Å². The third-order valence-corrected chi connectivity index (χ3v) is 3.25. The fraction of sp³-hybridized carbons (Fsp3) is 0.267. The molecular weight excluding hydrogens is 284 g/mol. The summed E-state index contributed by atoms with van der Waals surface area (Å²) < 4.78 is 1.85. The van der Waals surface area contributed by atoms with Gasteiger partial charge in [-0.1, -0.05) is 12.2 Å². The lowest BCUT2D eigenvalue weighted by molar-refractivity contribution is -0.116. The van der Waals surface area contributed by atoms with Crippen LogP contribution in [0.1, 0.15) is 24.1 Å². The maximum atomic E-state index is 11.8. The molecule has 0 aliphatic carbocycles. The number of carbonyl (C=O) groups is 1. The van der Waals surface area contributed by atoms with Crippen LogP contribution in [-0.4, -0.2) is 20.7 Å². The first-order valence-corrected chi connectivity index (χ1v) is 7.15. The van der Waals surface area contributed by atoms with Crippen molar-refractivity contribution in [3.05, 3.63) is 47.8 Å². The molecule has 0 atom stereocenters. The summed E-state index contributed by atoms with van der Waals surface area (Å²) in [5.74, 6) is -0.0121. The summed E-state index contributed by atoms with van der Waals surface area (Å²) in [5, 5.41) is 7.13. The largest absolute Gasteiger partial charge is 0.389 e. The minimum absolute atomic E-state index is 0.0121. The van der Waals surface area contributed by atoms with E-state index in [9.17, 15) is 4.79 Å². The minimum Gasteiger partial charge on any atom is -0.389 e. The van der Waals surface area contributed by atoms with Crippen LogP contribution in [0.3, 0.4) is 0 Å². The third-order valence-electron chi connectivity index (χ3n) is 3.02. The second-order valence-electron chi connectivity index (χ2n) is 4.81. The van der Waals surface area contributed by atoms with E-state index in [1.807, 2.05) is 23.9 Å². The monoisotopic (exact) mass is 302 g/mol. The highest BCUT2D eigenvalue weighted by Crippen LogP contribution is 2.10. The molecule has 110 valence electrons. The van der Waals surface area contributed by atoms with E-state index in [2.05, 4.69) is 10.4 Å². The van der Waals surface area contributed by atoms with Crippen LogP contribution < -0.4 is 11.1 Å². The number of aromatic nitrogens is 2. The second kappa shape index (κ2) is 6.99. The maximum absolute atomic E-state index is 11.8. The van der Waals surface area contributed by atoms with E-state index in [1.165, 1.54) is 0 Å². The van der Waals surface area contributed by atoms with Crippen LogP contribution in [0.15, 0.2) is 36.5 Å². The number of amides is 1. The van der Waals surface area contributed by atoms with Gasteiger partial charge in [-0.15, -0.1) is 0 Å². The molecule has 0 saturated heterocycles. The number of hydrogen-bond donors (Lipinski definition) is 2. The van der Waals surface area contributed by atoms with E-state index in [4.69, 9.17) is 18.0 Å². The standard InChI is InChI=1S/C15H18N4OS/c1-11-8-10-19(18-11)9-2-3-14(20)17-13-6-4-12(5-7-13)15(16)21/h4-8,10H,2-3,9H2,1H3,(H2,16,21)(H,17,20). The van der Waals surface area contributed by atoms with Crippen molar-refractivity contribution >= 4 is 28.8 Å². The highest BCUT2D eigenvalue weighted by Gasteiger charge is 2.04. The Bertz CT molecular complexity index is 633. The highest BCUT2D eigenvalue weighted by molar-refractivity contribution is 7.80. The smallest absolute Gasteiger partial charge is 0.224 e. The summed E-state index contributed by atoms with van der Waals surface area (Å²) in [5.41, 5.74) is 8.04. The van der Waals surface area contributed by atoms with Crippen molar-refractivity contribution in [1.82, 2.24) is 9.78 Å². The Hall–Kier alpha value is -2.21. The van der Waals surface area contributed by atoms with Gasteiger partial charge in [-0.2, -0.15) is 5.10 Å². The van der Waals surface area contributed by atoms with Gasteiger partial charge in [0.1, 0.15) is 4.99 Å². The molecule has 1 aromatic heterocycles. The molecule has 3 N–H and O–H groups in total. The highest BCUT2D eigenvalue weighted by atomic mass is 32.1. The molecule has 6 heteroatoms. The number of anilines is 1. The maximum Gasteiger partial charge on any atom is 0.224 e. The minimum atomic E-state index is -0.0121. The number of carbonyl (C=O) groups excluding carboxylic acids is 1. The molecule has 0 aliphatic rings. The van der Waals surface area contributed by atoms with E-state index in [0.29, 0.717) is 11.4 Å². The second-order valence-corrected chi connectivity index (χ2v) is 5.25. The summed E-state index contributed by atoms with van der Waals surface area (Å²) in [6, 6.07) is 9.13. The van der Waals surface area contributed by atoms with Gasteiger partial charge < -0.3 is 11.1 Å². The normalized spacial score (nSPS) is 10.3. The van der Waals surface area contributed by atoms with Gasteiger partial charge in [-0.25, -0.2) is 0 Å². The van der Waals surface area contributed by atoms with Crippen molar-refractivity contribution in [3.63, 3.8) is 0 Å². The van der Waals surface area contributed by atoms with E-state index < -0.39 is 0 Å². The number of aryl methyl sites for hydroxylation is 2. The fourth-order valence-electron chi connectivity index (χ4n) is 1.93. The van der Waals surface area contributed by atoms with Gasteiger partial charge in [0.05, 0.1) is 5.69 Å². The molecule has 2 rings (SSSR count). The number of rotatable bonds is 6. The number of nitrogens with zero attached hydrogens (tertiary/aromatic N) is 2. The van der Waals surface area contributed by atoms with Gasteiger partial charge in [0.2, 0.25) is 5.91 Å². The first-order valence-electron chi connectivity index (χ1n) is 6.74. The zero-order valence-corrected chi connectivity index (χ0v) is 12.7. The van der Waals surface area contributed by atoms with Crippen molar-refractivity contribution in [2.24, 2.45) is 5.73 Å². The molecule has 2 aromatic rings. The fourth-order valence-corrected chi connectivity index (χ4v) is 2.07. The molecule has 5 nitrogen and oxygen atoms in total. The Balaban J connectivity index is 1.77. The van der Waals surface area contributed by atoms with Gasteiger partial charge in [0.15, 0.2) is 0 Å². The molecule has 0 aliphatic heterocycles. The van der Waals surface area contributed by atoms with Crippen LogP contribution >= 0.6 is 12.2 Å². The molecule has 21 heavy (non-hydrogen) atoms. The van der Waals surface area contributed by atoms with Crippen molar-refractivity contribution in [3.8, 4) is 0 Å². The van der Waals surface area contributed by atoms with E-state index in [1.54, 1.807) is 24.3 Å². The van der Waals surface area contributed by atoms with Gasteiger partial charge in [0, 0.05) is 30.4 Å². The Morgan fingerprint density at radius 3 is 2.62 bits per heavy atom. The van der Waals surface area contributed by atoms with Gasteiger partial charge in [-0.05, 0) is 43.7 Å². The number of hydrogen-bond acceptors (Lipinski definition) is 3. The average molecular weight is 302 g/mol. The van der Waals surface area contributed by atoms with E-state index in [-0.39, 0.29) is 5.91 Å². The molecule has 0 bridgehead atoms. The lowest BCUT2D eigenvalue weighted by Crippen LogP contribution is -2.13. The molecule has 1 aromatic carbocycles. The van der Waals surface area contributed by atoms with Crippen molar-refractivity contribution in [2.45, 2.75) is 26.3 Å². The topological polar surface area (TPSA) is 72.9 Å². The summed E-state index contributed by atoms with van der Waals surface area (Å²) in [4.78, 5) is 12.2. The van der Waals surface area contributed by atoms with Crippen LogP contribution in [-0.2, 0) is 11.3 Å². The Kier molecular flexibility index (Phi) is 5.05. The summed E-state index contributed by atoms with van der Waals surface area (Å²) in [6.45, 7) is 2.68.